The summed E-state index contributed by atoms with van der Waals surface area (Å²) in [6, 6.07) is 5.51. The summed E-state index contributed by atoms with van der Waals surface area (Å²) in [6.07, 6.45) is 6.22. The molecule has 1 aromatic rings. The lowest BCUT2D eigenvalue weighted by Crippen LogP contribution is -2.12. The van der Waals surface area contributed by atoms with Crippen molar-refractivity contribution in [2.75, 3.05) is 13.7 Å². The summed E-state index contributed by atoms with van der Waals surface area (Å²) in [6.45, 7) is 1.93. The van der Waals surface area contributed by atoms with Crippen molar-refractivity contribution >= 4 is 34.6 Å². The number of carbonyl (C=O) groups is 1. The Morgan fingerprint density at radius 1 is 1.42 bits per heavy atom. The maximum Gasteiger partial charge on any atom is 0.348 e. The number of ether oxygens (including phenoxy) is 3. The zero-order chi connectivity index (χ0) is 17.5. The molecule has 24 heavy (non-hydrogen) atoms. The highest BCUT2D eigenvalue weighted by molar-refractivity contribution is 14.1. The second-order valence-electron chi connectivity index (χ2n) is 5.45. The Morgan fingerprint density at radius 2 is 2.12 bits per heavy atom. The lowest BCUT2D eigenvalue weighted by Gasteiger charge is -2.18. The van der Waals surface area contributed by atoms with Crippen molar-refractivity contribution in [1.82, 2.24) is 0 Å². The molecule has 2 rings (SSSR count). The van der Waals surface area contributed by atoms with Gasteiger partial charge in [-0.2, -0.15) is 5.26 Å². The van der Waals surface area contributed by atoms with Crippen molar-refractivity contribution in [2.24, 2.45) is 0 Å². The number of nitrogens with zero attached hydrogens (tertiary/aromatic N) is 1. The van der Waals surface area contributed by atoms with Gasteiger partial charge in [0.25, 0.3) is 0 Å². The number of halogens is 1. The topological polar surface area (TPSA) is 68.6 Å². The van der Waals surface area contributed by atoms with Gasteiger partial charge in [-0.05, 0) is 79.0 Å². The molecule has 0 N–H and O–H groups in total. The first-order valence-corrected chi connectivity index (χ1v) is 9.00. The van der Waals surface area contributed by atoms with E-state index in [1.165, 1.54) is 18.9 Å². The minimum Gasteiger partial charge on any atom is -0.493 e. The molecule has 0 unspecified atom stereocenters. The van der Waals surface area contributed by atoms with Crippen LogP contribution in [0.5, 0.6) is 11.5 Å². The lowest BCUT2D eigenvalue weighted by molar-refractivity contribution is -0.137. The number of hydrogen-bond acceptors (Lipinski definition) is 5. The second kappa shape index (κ2) is 8.92. The van der Waals surface area contributed by atoms with E-state index < -0.39 is 5.97 Å². The second-order valence-corrected chi connectivity index (χ2v) is 6.61. The van der Waals surface area contributed by atoms with Gasteiger partial charge in [0.15, 0.2) is 11.5 Å². The van der Waals surface area contributed by atoms with Crippen LogP contribution < -0.4 is 9.47 Å². The third-order valence-corrected chi connectivity index (χ3v) is 4.57. The molecule has 1 fully saturated rings. The van der Waals surface area contributed by atoms with Crippen LogP contribution in [0.4, 0.5) is 0 Å². The van der Waals surface area contributed by atoms with Crippen LogP contribution in [0, 0.1) is 14.9 Å². The Hall–Kier alpha value is -1.75. The maximum absolute atomic E-state index is 11.7. The molecule has 1 aromatic carbocycles. The fourth-order valence-corrected chi connectivity index (χ4v) is 3.38. The third kappa shape index (κ3) is 4.63. The molecule has 5 nitrogen and oxygen atoms in total. The summed E-state index contributed by atoms with van der Waals surface area (Å²) in [4.78, 5) is 11.7. The number of nitriles is 1. The first-order valence-electron chi connectivity index (χ1n) is 7.92. The van der Waals surface area contributed by atoms with Gasteiger partial charge in [0.2, 0.25) is 0 Å². The number of methoxy groups -OCH3 is 1. The first-order chi connectivity index (χ1) is 11.6. The van der Waals surface area contributed by atoms with E-state index in [9.17, 15) is 4.79 Å². The molecular formula is C18H20INO4. The molecule has 0 aliphatic heterocycles. The van der Waals surface area contributed by atoms with Crippen molar-refractivity contribution in [3.05, 3.63) is 26.8 Å². The van der Waals surface area contributed by atoms with E-state index in [1.807, 2.05) is 12.1 Å². The molecule has 128 valence electrons. The SMILES string of the molecule is CCOC(=O)/C(C#N)=C/c1cc(I)c(OC2CCCC2)c(OC)c1. The van der Waals surface area contributed by atoms with Gasteiger partial charge in [-0.3, -0.25) is 0 Å². The minimum atomic E-state index is -0.625. The van der Waals surface area contributed by atoms with Crippen LogP contribution in [0.1, 0.15) is 38.2 Å². The Bertz CT molecular complexity index is 672. The molecule has 0 spiro atoms. The van der Waals surface area contributed by atoms with Crippen LogP contribution in [0.15, 0.2) is 17.7 Å². The van der Waals surface area contributed by atoms with Gasteiger partial charge in [0, 0.05) is 0 Å². The number of hydrogen-bond donors (Lipinski definition) is 0. The maximum atomic E-state index is 11.7. The van der Waals surface area contributed by atoms with E-state index in [-0.39, 0.29) is 18.3 Å². The smallest absolute Gasteiger partial charge is 0.348 e. The van der Waals surface area contributed by atoms with E-state index in [0.717, 1.165) is 22.2 Å². The normalized spacial score (nSPS) is 15.0. The van der Waals surface area contributed by atoms with E-state index in [4.69, 9.17) is 19.5 Å². The summed E-state index contributed by atoms with van der Waals surface area (Å²) in [7, 11) is 1.58. The number of benzene rings is 1. The Morgan fingerprint density at radius 3 is 2.71 bits per heavy atom. The van der Waals surface area contributed by atoms with E-state index in [0.29, 0.717) is 11.3 Å². The average Bonchev–Trinajstić information content (AvgIpc) is 3.08. The van der Waals surface area contributed by atoms with Crippen LogP contribution in [-0.2, 0) is 9.53 Å². The minimum absolute atomic E-state index is 0.0424. The molecule has 0 saturated heterocycles. The number of carbonyl (C=O) groups excluding carboxylic acids is 1. The Labute approximate surface area is 155 Å². The largest absolute Gasteiger partial charge is 0.493 e. The summed E-state index contributed by atoms with van der Waals surface area (Å²) in [5.41, 5.74) is 0.652. The molecule has 1 saturated carbocycles. The highest BCUT2D eigenvalue weighted by atomic mass is 127. The zero-order valence-corrected chi connectivity index (χ0v) is 16.0. The molecular weight excluding hydrogens is 421 g/mol. The summed E-state index contributed by atoms with van der Waals surface area (Å²) < 4.78 is 17.3. The van der Waals surface area contributed by atoms with Crippen molar-refractivity contribution < 1.29 is 19.0 Å². The monoisotopic (exact) mass is 441 g/mol. The quantitative estimate of drug-likeness (QED) is 0.288. The van der Waals surface area contributed by atoms with Crippen LogP contribution in [0.2, 0.25) is 0 Å². The van der Waals surface area contributed by atoms with Gasteiger partial charge in [-0.1, -0.05) is 0 Å². The lowest BCUT2D eigenvalue weighted by atomic mass is 10.1. The van der Waals surface area contributed by atoms with Gasteiger partial charge >= 0.3 is 5.97 Å². The van der Waals surface area contributed by atoms with Crippen molar-refractivity contribution in [3.8, 4) is 17.6 Å². The van der Waals surface area contributed by atoms with Gasteiger partial charge in [-0.15, -0.1) is 0 Å². The predicted molar refractivity (Wildman–Crippen MR) is 98.8 cm³/mol. The Balaban J connectivity index is 2.31. The van der Waals surface area contributed by atoms with Crippen LogP contribution in [-0.4, -0.2) is 25.8 Å². The average molecular weight is 441 g/mol. The molecule has 0 aromatic heterocycles. The molecule has 1 aliphatic rings. The fourth-order valence-electron chi connectivity index (χ4n) is 2.62. The molecule has 0 heterocycles. The highest BCUT2D eigenvalue weighted by Gasteiger charge is 2.21. The molecule has 0 amide bonds. The molecule has 0 atom stereocenters. The molecule has 0 bridgehead atoms. The summed E-state index contributed by atoms with van der Waals surface area (Å²) in [5, 5.41) is 9.15. The van der Waals surface area contributed by atoms with E-state index in [2.05, 4.69) is 22.6 Å². The molecule has 6 heteroatoms. The van der Waals surface area contributed by atoms with Crippen LogP contribution >= 0.6 is 22.6 Å². The standard InChI is InChI=1S/C18H20INO4/c1-3-23-18(21)13(11-20)8-12-9-15(19)17(16(10-12)22-2)24-14-6-4-5-7-14/h8-10,14H,3-7H2,1-2H3/b13-8+. The van der Waals surface area contributed by atoms with Gasteiger partial charge < -0.3 is 14.2 Å². The Kier molecular flexibility index (Phi) is 6.91. The molecule has 0 radical (unpaired) electrons. The third-order valence-electron chi connectivity index (χ3n) is 3.77. The van der Waals surface area contributed by atoms with Gasteiger partial charge in [0.1, 0.15) is 11.6 Å². The summed E-state index contributed by atoms with van der Waals surface area (Å²) >= 11 is 2.18. The van der Waals surface area contributed by atoms with Crippen LogP contribution in [0.3, 0.4) is 0 Å². The van der Waals surface area contributed by atoms with Crippen molar-refractivity contribution in [2.45, 2.75) is 38.7 Å². The number of esters is 1. The first kappa shape index (κ1) is 18.6. The molecule has 1 aliphatic carbocycles. The zero-order valence-electron chi connectivity index (χ0n) is 13.8. The predicted octanol–water partition coefficient (Wildman–Crippen LogP) is 4.09. The van der Waals surface area contributed by atoms with Gasteiger partial charge in [0.05, 0.1) is 23.4 Å². The number of rotatable bonds is 6. The van der Waals surface area contributed by atoms with Crippen molar-refractivity contribution in [1.29, 1.82) is 5.26 Å². The van der Waals surface area contributed by atoms with E-state index in [1.54, 1.807) is 20.1 Å². The van der Waals surface area contributed by atoms with Crippen LogP contribution in [0.25, 0.3) is 6.08 Å². The van der Waals surface area contributed by atoms with Crippen molar-refractivity contribution in [3.63, 3.8) is 0 Å². The van der Waals surface area contributed by atoms with Gasteiger partial charge in [-0.25, -0.2) is 4.79 Å². The highest BCUT2D eigenvalue weighted by Crippen LogP contribution is 2.37. The fraction of sp³-hybridized carbons (Fsp3) is 0.444. The summed E-state index contributed by atoms with van der Waals surface area (Å²) in [5.74, 6) is 0.693. The van der Waals surface area contributed by atoms with E-state index >= 15 is 0 Å².